The van der Waals surface area contributed by atoms with Gasteiger partial charge in [0.25, 0.3) is 0 Å². The first kappa shape index (κ1) is 25.6. The number of benzene rings is 1. The van der Waals surface area contributed by atoms with Crippen LogP contribution in [0.2, 0.25) is 5.15 Å². The van der Waals surface area contributed by atoms with Crippen LogP contribution in [0.25, 0.3) is 0 Å². The maximum absolute atomic E-state index is 5.81. The molecule has 1 heterocycles. The lowest BCUT2D eigenvalue weighted by atomic mass is 10.1. The van der Waals surface area contributed by atoms with Crippen molar-refractivity contribution in [3.8, 4) is 0 Å². The zero-order chi connectivity index (χ0) is 20.0. The molecule has 8 heteroatoms. The van der Waals surface area contributed by atoms with E-state index < -0.39 is 0 Å². The standard InChI is InChI=1S/C21H29ClN4O2.HI/c1-3-27-11-12-28-16-19-6-4-5-18(13-19)15-26-21(23-2)24-10-9-17-7-8-20(22)25-14-17;/h4-8,13-14H,3,9-12,15-16H2,1-2H3,(H2,23,24,26);1H. The summed E-state index contributed by atoms with van der Waals surface area (Å²) < 4.78 is 10.9. The number of hydrogen-bond acceptors (Lipinski definition) is 4. The molecule has 0 saturated heterocycles. The average Bonchev–Trinajstić information content (AvgIpc) is 2.72. The van der Waals surface area contributed by atoms with Gasteiger partial charge in [0.15, 0.2) is 5.96 Å². The van der Waals surface area contributed by atoms with Crippen molar-refractivity contribution < 1.29 is 9.47 Å². The molecule has 1 aromatic heterocycles. The molecule has 0 saturated carbocycles. The number of guanidine groups is 1. The number of rotatable bonds is 11. The quantitative estimate of drug-likeness (QED) is 0.151. The van der Waals surface area contributed by atoms with E-state index in [9.17, 15) is 0 Å². The van der Waals surface area contributed by atoms with Crippen molar-refractivity contribution in [1.82, 2.24) is 15.6 Å². The summed E-state index contributed by atoms with van der Waals surface area (Å²) in [5, 5.41) is 7.15. The third kappa shape index (κ3) is 10.8. The summed E-state index contributed by atoms with van der Waals surface area (Å²) in [6.07, 6.45) is 2.64. The van der Waals surface area contributed by atoms with Crippen LogP contribution in [-0.2, 0) is 29.0 Å². The Morgan fingerprint density at radius 1 is 1.07 bits per heavy atom. The van der Waals surface area contributed by atoms with E-state index in [2.05, 4.69) is 38.8 Å². The summed E-state index contributed by atoms with van der Waals surface area (Å²) in [4.78, 5) is 8.36. The molecule has 6 nitrogen and oxygen atoms in total. The highest BCUT2D eigenvalue weighted by atomic mass is 127. The molecule has 2 N–H and O–H groups in total. The van der Waals surface area contributed by atoms with Crippen LogP contribution in [0.1, 0.15) is 23.6 Å². The zero-order valence-electron chi connectivity index (χ0n) is 17.0. The van der Waals surface area contributed by atoms with E-state index >= 15 is 0 Å². The fourth-order valence-corrected chi connectivity index (χ4v) is 2.68. The number of aliphatic imine (C=N–C) groups is 1. The number of hydrogen-bond donors (Lipinski definition) is 2. The number of halogens is 2. The summed E-state index contributed by atoms with van der Waals surface area (Å²) in [6.45, 7) is 5.97. The molecule has 0 atom stereocenters. The van der Waals surface area contributed by atoms with Gasteiger partial charge >= 0.3 is 0 Å². The minimum atomic E-state index is 0. The Bertz CT molecular complexity index is 729. The SMILES string of the molecule is CCOCCOCc1cccc(CNC(=NC)NCCc2ccc(Cl)nc2)c1.I. The minimum Gasteiger partial charge on any atom is -0.379 e. The van der Waals surface area contributed by atoms with Crippen LogP contribution in [0.15, 0.2) is 47.6 Å². The van der Waals surface area contributed by atoms with Crippen LogP contribution in [0.3, 0.4) is 0 Å². The minimum absolute atomic E-state index is 0. The van der Waals surface area contributed by atoms with Gasteiger partial charge in [0, 0.05) is 32.9 Å². The molecule has 0 bridgehead atoms. The second-order valence-corrected chi connectivity index (χ2v) is 6.55. The molecule has 160 valence electrons. The van der Waals surface area contributed by atoms with Gasteiger partial charge in [-0.2, -0.15) is 0 Å². The van der Waals surface area contributed by atoms with Gasteiger partial charge in [-0.25, -0.2) is 4.98 Å². The highest BCUT2D eigenvalue weighted by molar-refractivity contribution is 14.0. The highest BCUT2D eigenvalue weighted by Crippen LogP contribution is 2.07. The molecular formula is C21H30ClIN4O2. The second kappa shape index (κ2) is 15.4. The van der Waals surface area contributed by atoms with Gasteiger partial charge in [0.2, 0.25) is 0 Å². The third-order valence-electron chi connectivity index (χ3n) is 4.01. The van der Waals surface area contributed by atoms with Gasteiger partial charge in [0.1, 0.15) is 5.15 Å². The molecule has 29 heavy (non-hydrogen) atoms. The largest absolute Gasteiger partial charge is 0.379 e. The van der Waals surface area contributed by atoms with Crippen molar-refractivity contribution in [1.29, 1.82) is 0 Å². The van der Waals surface area contributed by atoms with Crippen LogP contribution in [0.5, 0.6) is 0 Å². The maximum Gasteiger partial charge on any atom is 0.191 e. The van der Waals surface area contributed by atoms with Crippen molar-refractivity contribution in [2.45, 2.75) is 26.5 Å². The van der Waals surface area contributed by atoms with Gasteiger partial charge < -0.3 is 20.1 Å². The summed E-state index contributed by atoms with van der Waals surface area (Å²) in [6, 6.07) is 12.1. The molecule has 0 aliphatic heterocycles. The monoisotopic (exact) mass is 532 g/mol. The predicted octanol–water partition coefficient (Wildman–Crippen LogP) is 3.81. The van der Waals surface area contributed by atoms with E-state index in [0.29, 0.717) is 31.5 Å². The van der Waals surface area contributed by atoms with E-state index in [4.69, 9.17) is 21.1 Å². The van der Waals surface area contributed by atoms with E-state index in [1.807, 2.05) is 19.1 Å². The van der Waals surface area contributed by atoms with Crippen LogP contribution >= 0.6 is 35.6 Å². The second-order valence-electron chi connectivity index (χ2n) is 6.16. The maximum atomic E-state index is 5.81. The molecule has 0 unspecified atom stereocenters. The van der Waals surface area contributed by atoms with Crippen molar-refractivity contribution in [2.75, 3.05) is 33.4 Å². The Kier molecular flexibility index (Phi) is 13.6. The van der Waals surface area contributed by atoms with Crippen molar-refractivity contribution in [2.24, 2.45) is 4.99 Å². The van der Waals surface area contributed by atoms with Gasteiger partial charge in [-0.05, 0) is 36.1 Å². The first-order valence-corrected chi connectivity index (χ1v) is 9.87. The third-order valence-corrected chi connectivity index (χ3v) is 4.24. The molecule has 1 aromatic carbocycles. The molecule has 0 spiro atoms. The fourth-order valence-electron chi connectivity index (χ4n) is 2.57. The van der Waals surface area contributed by atoms with Crippen molar-refractivity contribution >= 4 is 41.5 Å². The number of nitrogens with zero attached hydrogens (tertiary/aromatic N) is 2. The average molecular weight is 533 g/mol. The first-order chi connectivity index (χ1) is 13.7. The smallest absolute Gasteiger partial charge is 0.191 e. The molecule has 2 rings (SSSR count). The van der Waals surface area contributed by atoms with Crippen LogP contribution in [0, 0.1) is 0 Å². The normalized spacial score (nSPS) is 11.1. The summed E-state index contributed by atoms with van der Waals surface area (Å²) in [5.41, 5.74) is 3.45. The predicted molar refractivity (Wildman–Crippen MR) is 129 cm³/mol. The molecule has 0 aliphatic rings. The van der Waals surface area contributed by atoms with Crippen LogP contribution in [-0.4, -0.2) is 44.4 Å². The Hall–Kier alpha value is -1.42. The fraction of sp³-hybridized carbons (Fsp3) is 0.429. The van der Waals surface area contributed by atoms with Gasteiger partial charge in [-0.15, -0.1) is 24.0 Å². The Balaban J connectivity index is 0.00000420. The molecular weight excluding hydrogens is 503 g/mol. The summed E-state index contributed by atoms with van der Waals surface area (Å²) >= 11 is 5.81. The van der Waals surface area contributed by atoms with Gasteiger partial charge in [-0.1, -0.05) is 41.9 Å². The van der Waals surface area contributed by atoms with E-state index in [1.165, 1.54) is 5.56 Å². The Morgan fingerprint density at radius 3 is 2.59 bits per heavy atom. The topological polar surface area (TPSA) is 67.8 Å². The zero-order valence-corrected chi connectivity index (χ0v) is 20.1. The van der Waals surface area contributed by atoms with E-state index in [1.54, 1.807) is 19.3 Å². The van der Waals surface area contributed by atoms with E-state index in [-0.39, 0.29) is 24.0 Å². The number of pyridine rings is 1. The van der Waals surface area contributed by atoms with Gasteiger partial charge in [0.05, 0.1) is 19.8 Å². The highest BCUT2D eigenvalue weighted by Gasteiger charge is 2.01. The lowest BCUT2D eigenvalue weighted by molar-refractivity contribution is 0.0453. The molecule has 0 radical (unpaired) electrons. The lowest BCUT2D eigenvalue weighted by Gasteiger charge is -2.13. The molecule has 0 aliphatic carbocycles. The van der Waals surface area contributed by atoms with Gasteiger partial charge in [-0.3, -0.25) is 4.99 Å². The number of ether oxygens (including phenoxy) is 2. The van der Waals surface area contributed by atoms with Crippen molar-refractivity contribution in [3.05, 3.63) is 64.4 Å². The van der Waals surface area contributed by atoms with Crippen molar-refractivity contribution in [3.63, 3.8) is 0 Å². The Labute approximate surface area is 195 Å². The van der Waals surface area contributed by atoms with E-state index in [0.717, 1.165) is 36.7 Å². The Morgan fingerprint density at radius 2 is 1.86 bits per heavy atom. The molecule has 2 aromatic rings. The number of nitrogens with one attached hydrogen (secondary N) is 2. The lowest BCUT2D eigenvalue weighted by Crippen LogP contribution is -2.37. The first-order valence-electron chi connectivity index (χ1n) is 9.49. The molecule has 0 fully saturated rings. The van der Waals surface area contributed by atoms with Crippen LogP contribution < -0.4 is 10.6 Å². The van der Waals surface area contributed by atoms with Crippen LogP contribution in [0.4, 0.5) is 0 Å². The summed E-state index contributed by atoms with van der Waals surface area (Å²) in [7, 11) is 1.77. The molecule has 0 amide bonds. The summed E-state index contributed by atoms with van der Waals surface area (Å²) in [5.74, 6) is 0.764. The number of aromatic nitrogens is 1.